The second-order valence-corrected chi connectivity index (χ2v) is 8.22. The topological polar surface area (TPSA) is 68.0 Å². The standard InChI is InChI=1S/C19H14FN3O2S2/c1-10-6-14(11(2)27-10)16-9-26-19(21-16)22-18(24)17-8-15(23-25-17)12-4-3-5-13(20)7-12/h3-9H,1-2H3,(H,21,22,24). The number of nitrogens with one attached hydrogen (secondary N) is 1. The van der Waals surface area contributed by atoms with Gasteiger partial charge in [0.25, 0.3) is 5.91 Å². The Bertz CT molecular complexity index is 1130. The van der Waals surface area contributed by atoms with E-state index in [1.165, 1.54) is 39.3 Å². The largest absolute Gasteiger partial charge is 0.350 e. The number of aryl methyl sites for hydroxylation is 2. The lowest BCUT2D eigenvalue weighted by atomic mass is 10.1. The number of nitrogens with zero attached hydrogens (tertiary/aromatic N) is 2. The SMILES string of the molecule is Cc1cc(-c2csc(NC(=O)c3cc(-c4cccc(F)c4)no3)n2)c(C)s1. The van der Waals surface area contributed by atoms with E-state index in [1.807, 2.05) is 12.3 Å². The summed E-state index contributed by atoms with van der Waals surface area (Å²) in [6, 6.07) is 9.50. The van der Waals surface area contributed by atoms with Gasteiger partial charge < -0.3 is 4.52 Å². The molecule has 0 aliphatic carbocycles. The molecule has 0 saturated carbocycles. The van der Waals surface area contributed by atoms with E-state index >= 15 is 0 Å². The third kappa shape index (κ3) is 3.67. The van der Waals surface area contributed by atoms with Gasteiger partial charge in [-0.25, -0.2) is 9.37 Å². The number of hydrogen-bond donors (Lipinski definition) is 1. The zero-order valence-electron chi connectivity index (χ0n) is 14.4. The second kappa shape index (κ2) is 7.05. The number of aromatic nitrogens is 2. The van der Waals surface area contributed by atoms with Crippen molar-refractivity contribution < 1.29 is 13.7 Å². The van der Waals surface area contributed by atoms with Crippen molar-refractivity contribution in [3.8, 4) is 22.5 Å². The third-order valence-corrected chi connectivity index (χ3v) is 5.62. The van der Waals surface area contributed by atoms with Crippen LogP contribution in [0.3, 0.4) is 0 Å². The molecule has 0 radical (unpaired) electrons. The second-order valence-electron chi connectivity index (χ2n) is 5.91. The Morgan fingerprint density at radius 2 is 2.04 bits per heavy atom. The van der Waals surface area contributed by atoms with Crippen molar-refractivity contribution in [1.29, 1.82) is 0 Å². The van der Waals surface area contributed by atoms with E-state index in [0.29, 0.717) is 16.4 Å². The Hall–Kier alpha value is -2.84. The molecule has 0 spiro atoms. The number of benzene rings is 1. The number of thiophene rings is 1. The predicted octanol–water partition coefficient (Wildman–Crippen LogP) is 5.53. The summed E-state index contributed by atoms with van der Waals surface area (Å²) in [7, 11) is 0. The van der Waals surface area contributed by atoms with Gasteiger partial charge in [-0.1, -0.05) is 17.3 Å². The van der Waals surface area contributed by atoms with Gasteiger partial charge in [-0.2, -0.15) is 0 Å². The van der Waals surface area contributed by atoms with Crippen LogP contribution in [0.4, 0.5) is 9.52 Å². The first-order valence-corrected chi connectivity index (χ1v) is 9.76. The van der Waals surface area contributed by atoms with E-state index in [-0.39, 0.29) is 11.6 Å². The van der Waals surface area contributed by atoms with E-state index < -0.39 is 5.91 Å². The van der Waals surface area contributed by atoms with E-state index in [2.05, 4.69) is 28.4 Å². The minimum Gasteiger partial charge on any atom is -0.350 e. The molecular formula is C19H14FN3O2S2. The number of halogens is 1. The van der Waals surface area contributed by atoms with Crippen LogP contribution in [0.5, 0.6) is 0 Å². The molecule has 0 unspecified atom stereocenters. The molecule has 0 aliphatic heterocycles. The summed E-state index contributed by atoms with van der Waals surface area (Å²) in [5.74, 6) is -0.798. The van der Waals surface area contributed by atoms with Crippen LogP contribution in [-0.4, -0.2) is 16.0 Å². The fraction of sp³-hybridized carbons (Fsp3) is 0.105. The van der Waals surface area contributed by atoms with Crippen molar-refractivity contribution in [2.45, 2.75) is 13.8 Å². The van der Waals surface area contributed by atoms with Crippen LogP contribution in [0.25, 0.3) is 22.5 Å². The van der Waals surface area contributed by atoms with Gasteiger partial charge in [0.15, 0.2) is 5.13 Å². The highest BCUT2D eigenvalue weighted by Gasteiger charge is 2.17. The maximum Gasteiger partial charge on any atom is 0.296 e. The molecule has 0 saturated heterocycles. The molecule has 1 amide bonds. The molecular weight excluding hydrogens is 385 g/mol. The van der Waals surface area contributed by atoms with E-state index in [4.69, 9.17) is 4.52 Å². The first-order valence-electron chi connectivity index (χ1n) is 8.06. The fourth-order valence-electron chi connectivity index (χ4n) is 2.66. The number of hydrogen-bond acceptors (Lipinski definition) is 6. The van der Waals surface area contributed by atoms with E-state index in [1.54, 1.807) is 23.5 Å². The Morgan fingerprint density at radius 1 is 1.19 bits per heavy atom. The van der Waals surface area contributed by atoms with Gasteiger partial charge in [0.1, 0.15) is 11.5 Å². The van der Waals surface area contributed by atoms with Gasteiger partial charge in [-0.15, -0.1) is 22.7 Å². The Balaban J connectivity index is 1.51. The monoisotopic (exact) mass is 399 g/mol. The molecule has 3 aromatic heterocycles. The summed E-state index contributed by atoms with van der Waals surface area (Å²) in [5, 5.41) is 8.93. The van der Waals surface area contributed by atoms with Crippen molar-refractivity contribution in [3.05, 3.63) is 63.1 Å². The molecule has 5 nitrogen and oxygen atoms in total. The molecule has 0 fully saturated rings. The Kier molecular flexibility index (Phi) is 4.59. The minimum absolute atomic E-state index is 0.0357. The van der Waals surface area contributed by atoms with Crippen LogP contribution >= 0.6 is 22.7 Å². The maximum atomic E-state index is 13.3. The normalized spacial score (nSPS) is 10.9. The fourth-order valence-corrected chi connectivity index (χ4v) is 4.30. The number of anilines is 1. The molecule has 27 heavy (non-hydrogen) atoms. The average Bonchev–Trinajstić information content (AvgIpc) is 3.35. The van der Waals surface area contributed by atoms with Crippen molar-refractivity contribution in [3.63, 3.8) is 0 Å². The number of thiazole rings is 1. The molecule has 4 rings (SSSR count). The summed E-state index contributed by atoms with van der Waals surface area (Å²) in [6.07, 6.45) is 0. The first kappa shape index (κ1) is 17.6. The highest BCUT2D eigenvalue weighted by atomic mass is 32.1. The highest BCUT2D eigenvalue weighted by molar-refractivity contribution is 7.14. The Labute approximate surface area is 162 Å². The maximum absolute atomic E-state index is 13.3. The summed E-state index contributed by atoms with van der Waals surface area (Å²) in [4.78, 5) is 19.3. The van der Waals surface area contributed by atoms with Gasteiger partial charge in [-0.3, -0.25) is 10.1 Å². The molecule has 1 N–H and O–H groups in total. The molecule has 0 bridgehead atoms. The number of amides is 1. The number of rotatable bonds is 4. The molecule has 0 aliphatic rings. The predicted molar refractivity (Wildman–Crippen MR) is 105 cm³/mol. The molecule has 136 valence electrons. The van der Waals surface area contributed by atoms with Crippen LogP contribution in [0.1, 0.15) is 20.3 Å². The van der Waals surface area contributed by atoms with E-state index in [0.717, 1.165) is 11.3 Å². The van der Waals surface area contributed by atoms with Crippen LogP contribution < -0.4 is 5.32 Å². The number of carbonyl (C=O) groups is 1. The van der Waals surface area contributed by atoms with E-state index in [9.17, 15) is 9.18 Å². The van der Waals surface area contributed by atoms with Gasteiger partial charge in [0.2, 0.25) is 5.76 Å². The van der Waals surface area contributed by atoms with Crippen LogP contribution in [0.15, 0.2) is 46.3 Å². The van der Waals surface area contributed by atoms with Crippen molar-refractivity contribution in [2.24, 2.45) is 0 Å². The smallest absolute Gasteiger partial charge is 0.296 e. The summed E-state index contributed by atoms with van der Waals surface area (Å²) < 4.78 is 18.4. The molecule has 4 aromatic rings. The zero-order valence-corrected chi connectivity index (χ0v) is 16.1. The van der Waals surface area contributed by atoms with Crippen molar-refractivity contribution in [2.75, 3.05) is 5.32 Å². The van der Waals surface area contributed by atoms with Crippen molar-refractivity contribution in [1.82, 2.24) is 10.1 Å². The quantitative estimate of drug-likeness (QED) is 0.490. The summed E-state index contributed by atoms with van der Waals surface area (Å²) >= 11 is 3.05. The average molecular weight is 399 g/mol. The van der Waals surface area contributed by atoms with Gasteiger partial charge >= 0.3 is 0 Å². The highest BCUT2D eigenvalue weighted by Crippen LogP contribution is 2.32. The molecule has 3 heterocycles. The summed E-state index contributed by atoms with van der Waals surface area (Å²) in [6.45, 7) is 4.10. The number of carbonyl (C=O) groups excluding carboxylic acids is 1. The van der Waals surface area contributed by atoms with Gasteiger partial charge in [0.05, 0.1) is 5.69 Å². The van der Waals surface area contributed by atoms with Crippen LogP contribution in [-0.2, 0) is 0 Å². The summed E-state index contributed by atoms with van der Waals surface area (Å²) in [5.41, 5.74) is 2.83. The minimum atomic E-state index is -0.454. The molecule has 0 atom stereocenters. The van der Waals surface area contributed by atoms with Gasteiger partial charge in [-0.05, 0) is 32.0 Å². The van der Waals surface area contributed by atoms with Gasteiger partial charge in [0, 0.05) is 32.3 Å². The van der Waals surface area contributed by atoms with Crippen molar-refractivity contribution >= 4 is 33.7 Å². The lowest BCUT2D eigenvalue weighted by Gasteiger charge is -1.97. The lowest BCUT2D eigenvalue weighted by molar-refractivity contribution is 0.0988. The zero-order chi connectivity index (χ0) is 19.0. The Morgan fingerprint density at radius 3 is 2.78 bits per heavy atom. The van der Waals surface area contributed by atoms with Crippen LogP contribution in [0, 0.1) is 19.7 Å². The third-order valence-electron chi connectivity index (χ3n) is 3.90. The van der Waals surface area contributed by atoms with Crippen LogP contribution in [0.2, 0.25) is 0 Å². The first-order chi connectivity index (χ1) is 13.0. The lowest BCUT2D eigenvalue weighted by Crippen LogP contribution is -2.10. The molecule has 1 aromatic carbocycles. The molecule has 8 heteroatoms.